The van der Waals surface area contributed by atoms with Crippen molar-refractivity contribution in [2.24, 2.45) is 0 Å². The first-order chi connectivity index (χ1) is 9.79. The number of aromatic nitrogens is 2. The highest BCUT2D eigenvalue weighted by atomic mass is 32.1. The molecule has 4 nitrogen and oxygen atoms in total. The van der Waals surface area contributed by atoms with Gasteiger partial charge in [-0.3, -0.25) is 4.90 Å². The molecule has 1 aromatic carbocycles. The number of anilines is 1. The zero-order valence-electron chi connectivity index (χ0n) is 11.7. The van der Waals surface area contributed by atoms with Crippen LogP contribution >= 0.6 is 11.3 Å². The Morgan fingerprint density at radius 1 is 1.20 bits per heavy atom. The van der Waals surface area contributed by atoms with Crippen molar-refractivity contribution < 1.29 is 0 Å². The molecule has 1 N–H and O–H groups in total. The molecule has 1 aliphatic rings. The van der Waals surface area contributed by atoms with Gasteiger partial charge in [0.25, 0.3) is 0 Å². The molecule has 0 bridgehead atoms. The van der Waals surface area contributed by atoms with Crippen molar-refractivity contribution in [3.05, 3.63) is 40.9 Å². The van der Waals surface area contributed by atoms with Gasteiger partial charge in [-0.25, -0.2) is 0 Å². The number of likely N-dealkylation sites (tertiary alicyclic amines) is 1. The van der Waals surface area contributed by atoms with Crippen LogP contribution in [0.3, 0.4) is 0 Å². The monoisotopic (exact) mass is 288 g/mol. The summed E-state index contributed by atoms with van der Waals surface area (Å²) in [4.78, 5) is 2.53. The van der Waals surface area contributed by atoms with E-state index in [9.17, 15) is 0 Å². The van der Waals surface area contributed by atoms with E-state index >= 15 is 0 Å². The van der Waals surface area contributed by atoms with Crippen LogP contribution in [-0.4, -0.2) is 34.2 Å². The van der Waals surface area contributed by atoms with E-state index in [-0.39, 0.29) is 0 Å². The number of hydrogen-bond acceptors (Lipinski definition) is 5. The lowest BCUT2D eigenvalue weighted by Crippen LogP contribution is -2.38. The van der Waals surface area contributed by atoms with Crippen LogP contribution in [0.25, 0.3) is 0 Å². The van der Waals surface area contributed by atoms with Crippen LogP contribution in [0, 0.1) is 6.92 Å². The molecule has 1 saturated heterocycles. The standard InChI is InChI=1S/C15H20N4S/c1-12-17-18-15(20-12)16-14-7-9-19(10-8-14)11-13-5-3-2-4-6-13/h2-6,14H,7-11H2,1H3,(H,16,18). The van der Waals surface area contributed by atoms with Gasteiger partial charge in [0.1, 0.15) is 5.01 Å². The van der Waals surface area contributed by atoms with E-state index in [1.54, 1.807) is 11.3 Å². The summed E-state index contributed by atoms with van der Waals surface area (Å²) in [5, 5.41) is 13.7. The average Bonchev–Trinajstić information content (AvgIpc) is 2.88. The van der Waals surface area contributed by atoms with Crippen molar-refractivity contribution in [3.63, 3.8) is 0 Å². The van der Waals surface area contributed by atoms with Gasteiger partial charge >= 0.3 is 0 Å². The Labute approximate surface area is 123 Å². The van der Waals surface area contributed by atoms with Gasteiger partial charge in [-0.2, -0.15) is 0 Å². The Balaban J connectivity index is 1.47. The summed E-state index contributed by atoms with van der Waals surface area (Å²) in [6.45, 7) is 5.34. The number of nitrogens with one attached hydrogen (secondary N) is 1. The van der Waals surface area contributed by atoms with Gasteiger partial charge in [-0.05, 0) is 25.3 Å². The number of benzene rings is 1. The first-order valence-corrected chi connectivity index (χ1v) is 7.94. The minimum atomic E-state index is 0.536. The summed E-state index contributed by atoms with van der Waals surface area (Å²) in [5.41, 5.74) is 1.40. The van der Waals surface area contributed by atoms with E-state index < -0.39 is 0 Å². The molecule has 0 radical (unpaired) electrons. The number of nitrogens with zero attached hydrogens (tertiary/aromatic N) is 3. The zero-order chi connectivity index (χ0) is 13.8. The van der Waals surface area contributed by atoms with Crippen LogP contribution in [-0.2, 0) is 6.54 Å². The van der Waals surface area contributed by atoms with Crippen LogP contribution in [0.4, 0.5) is 5.13 Å². The predicted octanol–water partition coefficient (Wildman–Crippen LogP) is 2.92. The van der Waals surface area contributed by atoms with E-state index in [2.05, 4.69) is 50.7 Å². The topological polar surface area (TPSA) is 41.1 Å². The van der Waals surface area contributed by atoms with Crippen molar-refractivity contribution in [3.8, 4) is 0 Å². The first-order valence-electron chi connectivity index (χ1n) is 7.12. The molecule has 0 saturated carbocycles. The molecule has 20 heavy (non-hydrogen) atoms. The van der Waals surface area contributed by atoms with Gasteiger partial charge < -0.3 is 5.32 Å². The Morgan fingerprint density at radius 2 is 1.95 bits per heavy atom. The van der Waals surface area contributed by atoms with Crippen molar-refractivity contribution in [2.75, 3.05) is 18.4 Å². The van der Waals surface area contributed by atoms with Crippen molar-refractivity contribution in [2.45, 2.75) is 32.4 Å². The lowest BCUT2D eigenvalue weighted by atomic mass is 10.0. The lowest BCUT2D eigenvalue weighted by molar-refractivity contribution is 0.211. The molecule has 1 aromatic heterocycles. The Bertz CT molecular complexity index is 532. The summed E-state index contributed by atoms with van der Waals surface area (Å²) in [6.07, 6.45) is 2.34. The first kappa shape index (κ1) is 13.5. The van der Waals surface area contributed by atoms with E-state index in [1.165, 1.54) is 18.4 Å². The van der Waals surface area contributed by atoms with Crippen molar-refractivity contribution in [1.82, 2.24) is 15.1 Å². The maximum atomic E-state index is 4.14. The largest absolute Gasteiger partial charge is 0.357 e. The molecule has 2 aromatic rings. The van der Waals surface area contributed by atoms with Crippen LogP contribution in [0.5, 0.6) is 0 Å². The van der Waals surface area contributed by atoms with Crippen LogP contribution in [0.2, 0.25) is 0 Å². The fraction of sp³-hybridized carbons (Fsp3) is 0.467. The highest BCUT2D eigenvalue weighted by Crippen LogP contribution is 2.20. The van der Waals surface area contributed by atoms with E-state index in [1.807, 2.05) is 6.92 Å². The molecular weight excluding hydrogens is 268 g/mol. The fourth-order valence-electron chi connectivity index (χ4n) is 2.61. The second-order valence-electron chi connectivity index (χ2n) is 5.31. The van der Waals surface area contributed by atoms with Gasteiger partial charge in [0.05, 0.1) is 0 Å². The molecule has 0 unspecified atom stereocenters. The molecule has 0 spiro atoms. The Hall–Kier alpha value is -1.46. The summed E-state index contributed by atoms with van der Waals surface area (Å²) >= 11 is 1.64. The number of rotatable bonds is 4. The Morgan fingerprint density at radius 3 is 2.60 bits per heavy atom. The van der Waals surface area contributed by atoms with Gasteiger partial charge in [-0.15, -0.1) is 10.2 Å². The molecular formula is C15H20N4S. The smallest absolute Gasteiger partial charge is 0.205 e. The minimum absolute atomic E-state index is 0.536. The molecule has 3 rings (SSSR count). The van der Waals surface area contributed by atoms with Crippen LogP contribution in [0.15, 0.2) is 30.3 Å². The number of piperidine rings is 1. The Kier molecular flexibility index (Phi) is 4.28. The SMILES string of the molecule is Cc1nnc(NC2CCN(Cc3ccccc3)CC2)s1. The summed E-state index contributed by atoms with van der Waals surface area (Å²) in [5.74, 6) is 0. The molecule has 0 atom stereocenters. The minimum Gasteiger partial charge on any atom is -0.357 e. The third-order valence-corrected chi connectivity index (χ3v) is 4.46. The second kappa shape index (κ2) is 6.33. The molecule has 5 heteroatoms. The van der Waals surface area contributed by atoms with E-state index in [4.69, 9.17) is 0 Å². The van der Waals surface area contributed by atoms with E-state index in [0.29, 0.717) is 6.04 Å². The van der Waals surface area contributed by atoms with Crippen molar-refractivity contribution in [1.29, 1.82) is 0 Å². The van der Waals surface area contributed by atoms with Crippen LogP contribution in [0.1, 0.15) is 23.4 Å². The molecule has 1 fully saturated rings. The highest BCUT2D eigenvalue weighted by molar-refractivity contribution is 7.15. The maximum Gasteiger partial charge on any atom is 0.205 e. The summed E-state index contributed by atoms with van der Waals surface area (Å²) in [6, 6.07) is 11.2. The average molecular weight is 288 g/mol. The molecule has 0 aliphatic carbocycles. The third-order valence-electron chi connectivity index (χ3n) is 3.69. The van der Waals surface area contributed by atoms with Gasteiger partial charge in [0, 0.05) is 25.7 Å². The number of aryl methyl sites for hydroxylation is 1. The van der Waals surface area contributed by atoms with Gasteiger partial charge in [0.2, 0.25) is 5.13 Å². The third kappa shape index (κ3) is 3.55. The summed E-state index contributed by atoms with van der Waals surface area (Å²) < 4.78 is 0. The molecule has 106 valence electrons. The van der Waals surface area contributed by atoms with Gasteiger partial charge in [-0.1, -0.05) is 41.7 Å². The highest BCUT2D eigenvalue weighted by Gasteiger charge is 2.19. The second-order valence-corrected chi connectivity index (χ2v) is 6.49. The maximum absolute atomic E-state index is 4.14. The van der Waals surface area contributed by atoms with Gasteiger partial charge in [0.15, 0.2) is 0 Å². The molecule has 1 aliphatic heterocycles. The number of hydrogen-bond donors (Lipinski definition) is 1. The summed E-state index contributed by atoms with van der Waals surface area (Å²) in [7, 11) is 0. The van der Waals surface area contributed by atoms with Crippen molar-refractivity contribution >= 4 is 16.5 Å². The molecule has 2 heterocycles. The lowest BCUT2D eigenvalue weighted by Gasteiger charge is -2.32. The predicted molar refractivity (Wildman–Crippen MR) is 83.0 cm³/mol. The quantitative estimate of drug-likeness (QED) is 0.939. The van der Waals surface area contributed by atoms with E-state index in [0.717, 1.165) is 29.8 Å². The van der Waals surface area contributed by atoms with Crippen LogP contribution < -0.4 is 5.32 Å². The normalized spacial score (nSPS) is 17.2. The zero-order valence-corrected chi connectivity index (χ0v) is 12.6. The molecule has 0 amide bonds. The fourth-order valence-corrected chi connectivity index (χ4v) is 3.28.